The second kappa shape index (κ2) is 7.58. The Morgan fingerprint density at radius 1 is 1.27 bits per heavy atom. The van der Waals surface area contributed by atoms with Crippen molar-refractivity contribution in [1.82, 2.24) is 15.0 Å². The molecule has 0 radical (unpaired) electrons. The van der Waals surface area contributed by atoms with Crippen LogP contribution in [-0.4, -0.2) is 28.0 Å². The normalized spacial score (nSPS) is 10.6. The first kappa shape index (κ1) is 17.9. The van der Waals surface area contributed by atoms with Crippen LogP contribution in [0.4, 0.5) is 5.69 Å². The van der Waals surface area contributed by atoms with Gasteiger partial charge in [-0.2, -0.15) is 0 Å². The average molecular weight is 371 g/mol. The van der Waals surface area contributed by atoms with E-state index in [0.717, 1.165) is 12.1 Å². The number of benzene rings is 2. The molecule has 0 saturated carbocycles. The summed E-state index contributed by atoms with van der Waals surface area (Å²) in [5.74, 6) is 0.143. The molecule has 0 saturated heterocycles. The first-order valence-corrected chi connectivity index (χ1v) is 8.57. The maximum absolute atomic E-state index is 12.7. The van der Waals surface area contributed by atoms with E-state index in [-0.39, 0.29) is 11.6 Å². The van der Waals surface area contributed by atoms with E-state index < -0.39 is 0 Å². The Balaban J connectivity index is 1.90. The average Bonchev–Trinajstić information content (AvgIpc) is 3.03. The molecule has 0 spiro atoms. The van der Waals surface area contributed by atoms with Crippen molar-refractivity contribution in [3.8, 4) is 11.4 Å². The van der Waals surface area contributed by atoms with Gasteiger partial charge in [-0.15, -0.1) is 5.10 Å². The van der Waals surface area contributed by atoms with E-state index in [0.29, 0.717) is 22.2 Å². The molecule has 2 aromatic carbocycles. The van der Waals surface area contributed by atoms with Crippen LogP contribution in [0.2, 0.25) is 5.02 Å². The largest absolute Gasteiger partial charge is 0.495 e. The van der Waals surface area contributed by atoms with Crippen LogP contribution in [0.3, 0.4) is 0 Å². The van der Waals surface area contributed by atoms with Gasteiger partial charge in [0.25, 0.3) is 5.91 Å². The molecule has 0 aliphatic rings. The minimum atomic E-state index is -0.374. The Kier molecular flexibility index (Phi) is 5.23. The highest BCUT2D eigenvalue weighted by molar-refractivity contribution is 6.31. The Labute approximate surface area is 156 Å². The van der Waals surface area contributed by atoms with Gasteiger partial charge in [0.1, 0.15) is 5.75 Å². The molecular formula is C19H19ClN4O2. The lowest BCUT2D eigenvalue weighted by Crippen LogP contribution is -2.15. The van der Waals surface area contributed by atoms with Crippen molar-refractivity contribution < 1.29 is 9.53 Å². The highest BCUT2D eigenvalue weighted by Gasteiger charge is 2.19. The van der Waals surface area contributed by atoms with Crippen LogP contribution >= 0.6 is 11.6 Å². The molecule has 0 unspecified atom stereocenters. The molecule has 6 nitrogen and oxygen atoms in total. The Hall–Kier alpha value is -2.86. The minimum Gasteiger partial charge on any atom is -0.495 e. The fourth-order valence-electron chi connectivity index (χ4n) is 2.65. The smallest absolute Gasteiger partial charge is 0.278 e. The Bertz CT molecular complexity index is 952. The van der Waals surface area contributed by atoms with E-state index in [2.05, 4.69) is 28.6 Å². The Morgan fingerprint density at radius 3 is 2.81 bits per heavy atom. The molecule has 3 aromatic rings. The van der Waals surface area contributed by atoms with Gasteiger partial charge in [0.15, 0.2) is 5.69 Å². The van der Waals surface area contributed by atoms with E-state index in [1.807, 2.05) is 25.1 Å². The molecule has 1 amide bonds. The molecule has 1 heterocycles. The first-order chi connectivity index (χ1) is 12.5. The van der Waals surface area contributed by atoms with Crippen molar-refractivity contribution in [2.75, 3.05) is 12.4 Å². The summed E-state index contributed by atoms with van der Waals surface area (Å²) in [7, 11) is 1.53. The number of aromatic nitrogens is 3. The van der Waals surface area contributed by atoms with Crippen molar-refractivity contribution >= 4 is 23.2 Å². The lowest BCUT2D eigenvalue weighted by molar-refractivity contribution is 0.102. The second-order valence-electron chi connectivity index (χ2n) is 5.76. The number of rotatable bonds is 5. The molecule has 0 aliphatic carbocycles. The second-order valence-corrected chi connectivity index (χ2v) is 6.19. The molecule has 3 rings (SSSR count). The summed E-state index contributed by atoms with van der Waals surface area (Å²) >= 11 is 6.01. The van der Waals surface area contributed by atoms with Gasteiger partial charge >= 0.3 is 0 Å². The fraction of sp³-hybridized carbons (Fsp3) is 0.211. The molecule has 1 N–H and O–H groups in total. The zero-order valence-corrected chi connectivity index (χ0v) is 15.5. The van der Waals surface area contributed by atoms with Gasteiger partial charge in [-0.1, -0.05) is 35.9 Å². The molecule has 0 atom stereocenters. The SMILES string of the molecule is CCc1cccc(-n2nnc(C(=O)Nc3cc(Cl)ccc3OC)c2C)c1. The van der Waals surface area contributed by atoms with Crippen molar-refractivity contribution in [2.24, 2.45) is 0 Å². The molecule has 0 fully saturated rings. The van der Waals surface area contributed by atoms with Gasteiger partial charge in [-0.05, 0) is 49.2 Å². The summed E-state index contributed by atoms with van der Waals surface area (Å²) in [5.41, 5.74) is 3.43. The number of anilines is 1. The van der Waals surface area contributed by atoms with Crippen molar-refractivity contribution in [3.05, 3.63) is 64.4 Å². The van der Waals surface area contributed by atoms with E-state index in [1.165, 1.54) is 12.7 Å². The standard InChI is InChI=1S/C19H19ClN4O2/c1-4-13-6-5-7-15(10-13)24-12(2)18(22-23-24)19(25)21-16-11-14(20)8-9-17(16)26-3/h5-11H,4H2,1-3H3,(H,21,25). The van der Waals surface area contributed by atoms with Gasteiger partial charge < -0.3 is 10.1 Å². The van der Waals surface area contributed by atoms with Crippen LogP contribution < -0.4 is 10.1 Å². The van der Waals surface area contributed by atoms with Crippen LogP contribution in [0.15, 0.2) is 42.5 Å². The van der Waals surface area contributed by atoms with E-state index in [1.54, 1.807) is 22.9 Å². The van der Waals surface area contributed by atoms with E-state index in [9.17, 15) is 4.79 Å². The third kappa shape index (κ3) is 3.55. The number of carbonyl (C=O) groups is 1. The molecule has 134 valence electrons. The summed E-state index contributed by atoms with van der Waals surface area (Å²) < 4.78 is 6.91. The van der Waals surface area contributed by atoms with Crippen LogP contribution in [0.1, 0.15) is 28.7 Å². The molecular weight excluding hydrogens is 352 g/mol. The van der Waals surface area contributed by atoms with Gasteiger partial charge in [-0.3, -0.25) is 4.79 Å². The third-order valence-corrected chi connectivity index (χ3v) is 4.32. The van der Waals surface area contributed by atoms with Gasteiger partial charge in [-0.25, -0.2) is 4.68 Å². The quantitative estimate of drug-likeness (QED) is 0.735. The highest BCUT2D eigenvalue weighted by Crippen LogP contribution is 2.28. The van der Waals surface area contributed by atoms with Crippen molar-refractivity contribution in [1.29, 1.82) is 0 Å². The summed E-state index contributed by atoms with van der Waals surface area (Å²) in [6, 6.07) is 13.0. The van der Waals surface area contributed by atoms with Gasteiger partial charge in [0.05, 0.1) is 24.2 Å². The third-order valence-electron chi connectivity index (χ3n) is 4.08. The van der Waals surface area contributed by atoms with Crippen molar-refractivity contribution in [3.63, 3.8) is 0 Å². The van der Waals surface area contributed by atoms with Crippen molar-refractivity contribution in [2.45, 2.75) is 20.3 Å². The molecule has 1 aromatic heterocycles. The zero-order valence-electron chi connectivity index (χ0n) is 14.8. The number of nitrogens with zero attached hydrogens (tertiary/aromatic N) is 3. The summed E-state index contributed by atoms with van der Waals surface area (Å²) in [6.07, 6.45) is 0.920. The fourth-order valence-corrected chi connectivity index (χ4v) is 2.82. The number of carbonyl (C=O) groups excluding carboxylic acids is 1. The zero-order chi connectivity index (χ0) is 18.7. The minimum absolute atomic E-state index is 0.244. The number of hydrogen-bond donors (Lipinski definition) is 1. The van der Waals surface area contributed by atoms with E-state index >= 15 is 0 Å². The lowest BCUT2D eigenvalue weighted by Gasteiger charge is -2.10. The van der Waals surface area contributed by atoms with Gasteiger partial charge in [0, 0.05) is 5.02 Å². The Morgan fingerprint density at radius 2 is 2.08 bits per heavy atom. The number of hydrogen-bond acceptors (Lipinski definition) is 4. The lowest BCUT2D eigenvalue weighted by atomic mass is 10.1. The molecule has 0 aliphatic heterocycles. The monoisotopic (exact) mass is 370 g/mol. The predicted molar refractivity (Wildman–Crippen MR) is 101 cm³/mol. The number of halogens is 1. The summed E-state index contributed by atoms with van der Waals surface area (Å²) in [5, 5.41) is 11.5. The highest BCUT2D eigenvalue weighted by atomic mass is 35.5. The number of methoxy groups -OCH3 is 1. The molecule has 7 heteroatoms. The summed E-state index contributed by atoms with van der Waals surface area (Å²) in [4.78, 5) is 12.7. The maximum Gasteiger partial charge on any atom is 0.278 e. The topological polar surface area (TPSA) is 69.0 Å². The van der Waals surface area contributed by atoms with Crippen LogP contribution in [0.25, 0.3) is 5.69 Å². The number of ether oxygens (including phenoxy) is 1. The van der Waals surface area contributed by atoms with Crippen LogP contribution in [0.5, 0.6) is 5.75 Å². The van der Waals surface area contributed by atoms with Crippen LogP contribution in [-0.2, 0) is 6.42 Å². The first-order valence-electron chi connectivity index (χ1n) is 8.20. The maximum atomic E-state index is 12.7. The number of amides is 1. The number of aryl methyl sites for hydroxylation is 1. The van der Waals surface area contributed by atoms with E-state index in [4.69, 9.17) is 16.3 Å². The van der Waals surface area contributed by atoms with Gasteiger partial charge in [0.2, 0.25) is 0 Å². The molecule has 0 bridgehead atoms. The summed E-state index contributed by atoms with van der Waals surface area (Å²) in [6.45, 7) is 3.90. The molecule has 26 heavy (non-hydrogen) atoms. The predicted octanol–water partition coefficient (Wildman–Crippen LogP) is 4.05. The van der Waals surface area contributed by atoms with Crippen LogP contribution in [0, 0.1) is 6.92 Å². The number of nitrogens with one attached hydrogen (secondary N) is 1.